The van der Waals surface area contributed by atoms with Crippen LogP contribution in [0.3, 0.4) is 0 Å². The number of ether oxygens (including phenoxy) is 1. The molecule has 0 saturated carbocycles. The van der Waals surface area contributed by atoms with Gasteiger partial charge in [-0.3, -0.25) is 48.8 Å². The van der Waals surface area contributed by atoms with Gasteiger partial charge in [0, 0.05) is 87.5 Å². The minimum absolute atomic E-state index is 0.0129. The Hall–Kier alpha value is -5.94. The summed E-state index contributed by atoms with van der Waals surface area (Å²) in [6.07, 6.45) is 13.4. The zero-order valence-electron chi connectivity index (χ0n) is 34.0. The number of likely N-dealkylation sites (tertiary alicyclic amines) is 1. The predicted molar refractivity (Wildman–Crippen MR) is 226 cm³/mol. The molecule has 1 unspecified atom stereocenters. The summed E-state index contributed by atoms with van der Waals surface area (Å²) in [7, 11) is 0. The van der Waals surface area contributed by atoms with Crippen LogP contribution in [0.2, 0.25) is 0 Å². The number of amides is 7. The first-order valence-corrected chi connectivity index (χ1v) is 21.8. The van der Waals surface area contributed by atoms with E-state index in [0.29, 0.717) is 67.9 Å². The number of imide groups is 2. The molecule has 17 heteroatoms. The van der Waals surface area contributed by atoms with Gasteiger partial charge in [-0.05, 0) is 73.6 Å². The van der Waals surface area contributed by atoms with Gasteiger partial charge in [0.05, 0.1) is 23.3 Å². The first kappa shape index (κ1) is 43.2. The van der Waals surface area contributed by atoms with Crippen LogP contribution in [-0.2, 0) is 23.9 Å². The molecule has 7 rings (SSSR count). The third-order valence-corrected chi connectivity index (χ3v) is 12.5. The molecule has 4 aliphatic rings. The summed E-state index contributed by atoms with van der Waals surface area (Å²) < 4.78 is 5.70. The quantitative estimate of drug-likeness (QED) is 0.0928. The number of benzene rings is 1. The summed E-state index contributed by atoms with van der Waals surface area (Å²) in [4.78, 5) is 105. The fourth-order valence-electron chi connectivity index (χ4n) is 8.03. The van der Waals surface area contributed by atoms with Crippen molar-refractivity contribution in [3.05, 3.63) is 89.4 Å². The maximum atomic E-state index is 13.3. The summed E-state index contributed by atoms with van der Waals surface area (Å²) in [6.45, 7) is 4.39. The number of carbonyl (C=O) groups is 7. The second-order valence-electron chi connectivity index (χ2n) is 15.4. The molecule has 4 aliphatic heterocycles. The van der Waals surface area contributed by atoms with Gasteiger partial charge in [0.25, 0.3) is 17.7 Å². The van der Waals surface area contributed by atoms with Crippen LogP contribution < -0.4 is 15.5 Å². The van der Waals surface area contributed by atoms with Crippen LogP contribution in [0.1, 0.15) is 81.6 Å². The Morgan fingerprint density at radius 1 is 0.885 bits per heavy atom. The van der Waals surface area contributed by atoms with Crippen molar-refractivity contribution in [2.45, 2.75) is 55.9 Å². The fourth-order valence-corrected chi connectivity index (χ4v) is 8.97. The molecule has 7 amide bonds. The van der Waals surface area contributed by atoms with E-state index >= 15 is 0 Å². The molecule has 0 aliphatic carbocycles. The number of nitrogens with zero attached hydrogens (tertiary/aromatic N) is 6. The van der Waals surface area contributed by atoms with E-state index in [1.165, 1.54) is 17.8 Å². The molecule has 61 heavy (non-hydrogen) atoms. The molecule has 2 N–H and O–H groups in total. The number of pyridine rings is 2. The number of fused-ring (bicyclic) bond motifs is 1. The number of unbranched alkanes of at least 4 members (excludes halogenated alkanes) is 1. The number of thioether (sulfide) groups is 1. The van der Waals surface area contributed by atoms with Crippen LogP contribution >= 0.6 is 11.8 Å². The van der Waals surface area contributed by atoms with Crippen molar-refractivity contribution in [3.8, 4) is 0 Å². The number of carbonyl (C=O) groups excluding carboxylic acids is 7. The van der Waals surface area contributed by atoms with Crippen LogP contribution in [0.5, 0.6) is 0 Å². The molecule has 1 aromatic carbocycles. The third-order valence-electron chi connectivity index (χ3n) is 11.4. The fraction of sp³-hybridized carbons (Fsp3) is 0.432. The lowest BCUT2D eigenvalue weighted by molar-refractivity contribution is -0.137. The van der Waals surface area contributed by atoms with Crippen molar-refractivity contribution in [1.29, 1.82) is 0 Å². The lowest BCUT2D eigenvalue weighted by Gasteiger charge is -2.35. The lowest BCUT2D eigenvalue weighted by atomic mass is 9.91. The zero-order valence-corrected chi connectivity index (χ0v) is 34.8. The minimum Gasteiger partial charge on any atom is -0.371 e. The van der Waals surface area contributed by atoms with Gasteiger partial charge < -0.3 is 24.8 Å². The highest BCUT2D eigenvalue weighted by atomic mass is 32.2. The van der Waals surface area contributed by atoms with E-state index in [9.17, 15) is 33.6 Å². The molecular weight excluding hydrogens is 801 g/mol. The number of nitrogens with one attached hydrogen (secondary N) is 2. The van der Waals surface area contributed by atoms with Gasteiger partial charge in [-0.1, -0.05) is 25.0 Å². The van der Waals surface area contributed by atoms with Crippen LogP contribution in [0, 0.1) is 5.92 Å². The number of aromatic nitrogens is 2. The molecule has 2 aromatic heterocycles. The zero-order chi connectivity index (χ0) is 42.7. The average Bonchev–Trinajstić information content (AvgIpc) is 3.54. The third kappa shape index (κ3) is 10.9. The topological polar surface area (TPSA) is 192 Å². The molecule has 3 fully saturated rings. The molecule has 320 valence electrons. The number of piperazine rings is 1. The summed E-state index contributed by atoms with van der Waals surface area (Å²) in [6, 6.07) is 11.4. The van der Waals surface area contributed by atoms with Crippen molar-refractivity contribution in [1.82, 2.24) is 35.3 Å². The Morgan fingerprint density at radius 2 is 1.70 bits per heavy atom. The number of hydrogen-bond donors (Lipinski definition) is 2. The highest BCUT2D eigenvalue weighted by Crippen LogP contribution is 2.34. The summed E-state index contributed by atoms with van der Waals surface area (Å²) >= 11 is 1.33. The Labute approximate surface area is 358 Å². The van der Waals surface area contributed by atoms with Crippen molar-refractivity contribution in [2.24, 2.45) is 5.92 Å². The van der Waals surface area contributed by atoms with E-state index < -0.39 is 29.7 Å². The second-order valence-corrected chi connectivity index (χ2v) is 16.6. The highest BCUT2D eigenvalue weighted by molar-refractivity contribution is 7.99. The Kier molecular flexibility index (Phi) is 14.5. The normalized spacial score (nSPS) is 18.5. The summed E-state index contributed by atoms with van der Waals surface area (Å²) in [5.41, 5.74) is 1.90. The van der Waals surface area contributed by atoms with Crippen molar-refractivity contribution >= 4 is 65.0 Å². The number of anilines is 1. The van der Waals surface area contributed by atoms with E-state index in [2.05, 4.69) is 25.5 Å². The number of piperidine rings is 2. The second kappa shape index (κ2) is 20.5. The van der Waals surface area contributed by atoms with E-state index in [1.807, 2.05) is 29.2 Å². The molecular formula is C44H50N8O8S. The van der Waals surface area contributed by atoms with E-state index in [-0.39, 0.29) is 54.9 Å². The van der Waals surface area contributed by atoms with Crippen LogP contribution in [-0.4, -0.2) is 137 Å². The highest BCUT2D eigenvalue weighted by Gasteiger charge is 2.45. The summed E-state index contributed by atoms with van der Waals surface area (Å²) in [5.74, 6) is -0.704. The van der Waals surface area contributed by atoms with Gasteiger partial charge in [0.1, 0.15) is 18.5 Å². The average molecular weight is 851 g/mol. The van der Waals surface area contributed by atoms with E-state index in [0.717, 1.165) is 48.4 Å². The van der Waals surface area contributed by atoms with Crippen molar-refractivity contribution in [3.63, 3.8) is 0 Å². The predicted octanol–water partition coefficient (Wildman–Crippen LogP) is 3.19. The summed E-state index contributed by atoms with van der Waals surface area (Å²) in [5, 5.41) is 5.14. The van der Waals surface area contributed by atoms with Crippen molar-refractivity contribution in [2.75, 3.05) is 69.7 Å². The van der Waals surface area contributed by atoms with Gasteiger partial charge in [0.15, 0.2) is 0 Å². The van der Waals surface area contributed by atoms with Gasteiger partial charge in [-0.25, -0.2) is 4.98 Å². The van der Waals surface area contributed by atoms with Crippen molar-refractivity contribution < 1.29 is 38.3 Å². The minimum atomic E-state index is -1.03. The maximum Gasteiger partial charge on any atom is 0.263 e. The van der Waals surface area contributed by atoms with Gasteiger partial charge in [-0.15, -0.1) is 11.8 Å². The molecule has 16 nitrogen and oxygen atoms in total. The first-order chi connectivity index (χ1) is 29.7. The van der Waals surface area contributed by atoms with Crippen LogP contribution in [0.25, 0.3) is 6.08 Å². The van der Waals surface area contributed by atoms with Crippen LogP contribution in [0.15, 0.2) is 72.0 Å². The maximum absolute atomic E-state index is 13.3. The number of rotatable bonds is 16. The van der Waals surface area contributed by atoms with E-state index in [4.69, 9.17) is 4.74 Å². The molecule has 0 spiro atoms. The molecule has 0 bridgehead atoms. The number of hydrogen-bond acceptors (Lipinski definition) is 12. The van der Waals surface area contributed by atoms with Gasteiger partial charge in [-0.2, -0.15) is 0 Å². The molecule has 1 atom stereocenters. The Bertz CT molecular complexity index is 2140. The molecule has 3 saturated heterocycles. The lowest BCUT2D eigenvalue weighted by Crippen LogP contribution is -2.54. The largest absolute Gasteiger partial charge is 0.371 e. The molecule has 3 aromatic rings. The van der Waals surface area contributed by atoms with Gasteiger partial charge in [0.2, 0.25) is 23.6 Å². The van der Waals surface area contributed by atoms with Gasteiger partial charge >= 0.3 is 0 Å². The molecule has 6 heterocycles. The SMILES string of the molecule is O=C(/C=C/c1cccnc1)NCCCCC1CCN(C(=O)c2ccc(N3CCN(C(=O)COCCSc4cccc5c4C(=O)N(C4CCC(=O)NC4=O)C5=O)CC3)nc2)CC1. The Balaban J connectivity index is 0.761. The standard InChI is InChI=1S/C44H50N8O8S/c53-37(13-9-31-6-4-17-45-27-31)46-18-2-1-5-30-15-19-51(20-16-30)42(57)32-10-12-36(47-28-32)49-21-23-50(24-22-49)39(55)29-60-25-26-61-35-8-3-7-33-40(35)44(59)52(43(33)58)34-11-14-38(54)48-41(34)56/h3-4,6-10,12-13,17,27-28,30,34H,1-2,5,11,14-16,18-26,29H2,(H,46,53)(H,48,54,56)/b13-9+. The Morgan fingerprint density at radius 3 is 2.44 bits per heavy atom. The monoisotopic (exact) mass is 850 g/mol. The molecule has 0 radical (unpaired) electrons. The smallest absolute Gasteiger partial charge is 0.263 e. The first-order valence-electron chi connectivity index (χ1n) is 20.9. The van der Waals surface area contributed by atoms with Crippen LogP contribution in [0.4, 0.5) is 5.82 Å². The van der Waals surface area contributed by atoms with E-state index in [1.54, 1.807) is 47.8 Å².